The molecule has 4 aromatic rings. The Hall–Kier alpha value is -4.23. The highest BCUT2D eigenvalue weighted by molar-refractivity contribution is 5.94. The van der Waals surface area contributed by atoms with E-state index in [2.05, 4.69) is 25.3 Å². The predicted molar refractivity (Wildman–Crippen MR) is 124 cm³/mol. The summed E-state index contributed by atoms with van der Waals surface area (Å²) in [5, 5.41) is 11.7. The highest BCUT2D eigenvalue weighted by Gasteiger charge is 2.35. The van der Waals surface area contributed by atoms with E-state index in [1.807, 2.05) is 4.90 Å². The lowest BCUT2D eigenvalue weighted by Gasteiger charge is -2.26. The second-order valence-corrected chi connectivity index (χ2v) is 8.02. The third kappa shape index (κ3) is 4.78. The van der Waals surface area contributed by atoms with Crippen molar-refractivity contribution in [3.8, 4) is 11.1 Å². The number of H-pyrrole nitrogens is 1. The van der Waals surface area contributed by atoms with Gasteiger partial charge in [-0.3, -0.25) is 10.0 Å². The monoisotopic (exact) mass is 499 g/mol. The van der Waals surface area contributed by atoms with Gasteiger partial charge in [0.25, 0.3) is 5.91 Å². The Balaban J connectivity index is 1.48. The van der Waals surface area contributed by atoms with Crippen LogP contribution in [-0.2, 0) is 10.9 Å². The van der Waals surface area contributed by atoms with Crippen LogP contribution in [0, 0.1) is 0 Å². The largest absolute Gasteiger partial charge is 0.417 e. The normalized spacial score (nSPS) is 14.2. The van der Waals surface area contributed by atoms with Gasteiger partial charge in [0.1, 0.15) is 0 Å². The molecule has 2 aromatic heterocycles. The van der Waals surface area contributed by atoms with Crippen LogP contribution in [0.2, 0.25) is 0 Å². The van der Waals surface area contributed by atoms with Crippen molar-refractivity contribution >= 4 is 34.5 Å². The van der Waals surface area contributed by atoms with E-state index in [-0.39, 0.29) is 28.2 Å². The maximum Gasteiger partial charge on any atom is 0.417 e. The second-order valence-electron chi connectivity index (χ2n) is 8.02. The molecule has 186 valence electrons. The van der Waals surface area contributed by atoms with Gasteiger partial charge in [0.05, 0.1) is 29.8 Å². The Morgan fingerprint density at radius 3 is 2.56 bits per heavy atom. The van der Waals surface area contributed by atoms with Gasteiger partial charge in [-0.05, 0) is 35.9 Å². The maximum atomic E-state index is 14.0. The Morgan fingerprint density at radius 1 is 1.11 bits per heavy atom. The van der Waals surface area contributed by atoms with E-state index in [1.165, 1.54) is 30.6 Å². The Labute approximate surface area is 202 Å². The molecule has 0 radical (unpaired) electrons. The molecule has 0 bridgehead atoms. The quantitative estimate of drug-likeness (QED) is 0.242. The number of aromatic nitrogens is 4. The number of nitrogens with zero attached hydrogens (tertiary/aromatic N) is 4. The number of ether oxygens (including phenoxy) is 1. The summed E-state index contributed by atoms with van der Waals surface area (Å²) in [6.07, 6.45) is -1.88. The van der Waals surface area contributed by atoms with Crippen molar-refractivity contribution in [1.29, 1.82) is 0 Å². The molecule has 36 heavy (non-hydrogen) atoms. The topological polar surface area (TPSA) is 128 Å². The van der Waals surface area contributed by atoms with Crippen molar-refractivity contribution in [3.05, 3.63) is 59.9 Å². The zero-order chi connectivity index (χ0) is 25.3. The first-order valence-corrected chi connectivity index (χ1v) is 10.9. The molecule has 1 fully saturated rings. The average Bonchev–Trinajstić information content (AvgIpc) is 3.29. The molecule has 0 atom stereocenters. The molecule has 0 aliphatic carbocycles. The van der Waals surface area contributed by atoms with Crippen molar-refractivity contribution in [3.63, 3.8) is 0 Å². The summed E-state index contributed by atoms with van der Waals surface area (Å²) < 4.78 is 47.2. The molecule has 1 amide bonds. The summed E-state index contributed by atoms with van der Waals surface area (Å²) in [6.45, 7) is 2.29. The average molecular weight is 499 g/mol. The Kier molecular flexibility index (Phi) is 6.16. The lowest BCUT2D eigenvalue weighted by atomic mass is 10.0. The number of alkyl halides is 3. The first kappa shape index (κ1) is 23.5. The molecule has 5 rings (SSSR count). The summed E-state index contributed by atoms with van der Waals surface area (Å²) >= 11 is 0. The molecule has 0 unspecified atom stereocenters. The summed E-state index contributed by atoms with van der Waals surface area (Å²) in [5.41, 5.74) is 1.90. The molecule has 4 N–H and O–H groups in total. The van der Waals surface area contributed by atoms with Crippen LogP contribution >= 0.6 is 0 Å². The van der Waals surface area contributed by atoms with E-state index < -0.39 is 17.6 Å². The summed E-state index contributed by atoms with van der Waals surface area (Å²) in [5.74, 6) is -0.0952. The minimum atomic E-state index is -4.63. The summed E-state index contributed by atoms with van der Waals surface area (Å²) in [4.78, 5) is 29.3. The molecule has 2 aromatic carbocycles. The van der Waals surface area contributed by atoms with Crippen LogP contribution in [0.4, 0.5) is 30.8 Å². The van der Waals surface area contributed by atoms with Gasteiger partial charge in [0.2, 0.25) is 11.9 Å². The summed E-state index contributed by atoms with van der Waals surface area (Å²) in [6, 6.07) is 8.50. The van der Waals surface area contributed by atoms with Crippen molar-refractivity contribution in [2.75, 3.05) is 36.5 Å². The van der Waals surface area contributed by atoms with Crippen molar-refractivity contribution in [1.82, 2.24) is 25.4 Å². The van der Waals surface area contributed by atoms with E-state index in [1.54, 1.807) is 17.6 Å². The van der Waals surface area contributed by atoms with Crippen LogP contribution in [0.15, 0.2) is 48.8 Å². The number of amides is 1. The molecule has 1 saturated heterocycles. The predicted octanol–water partition coefficient (Wildman–Crippen LogP) is 3.74. The van der Waals surface area contributed by atoms with Gasteiger partial charge in [0.15, 0.2) is 0 Å². The number of hydrogen-bond donors (Lipinski definition) is 4. The second kappa shape index (κ2) is 9.43. The number of nitrogens with one attached hydrogen (secondary N) is 3. The fourth-order valence-electron chi connectivity index (χ4n) is 3.92. The molecule has 10 nitrogen and oxygen atoms in total. The van der Waals surface area contributed by atoms with Crippen LogP contribution in [0.25, 0.3) is 22.2 Å². The fraction of sp³-hybridized carbons (Fsp3) is 0.217. The third-order valence-electron chi connectivity index (χ3n) is 5.66. The van der Waals surface area contributed by atoms with Crippen LogP contribution in [0.5, 0.6) is 0 Å². The third-order valence-corrected chi connectivity index (χ3v) is 5.66. The number of carbonyl (C=O) groups excluding carboxylic acids is 1. The lowest BCUT2D eigenvalue weighted by molar-refractivity contribution is -0.137. The Bertz CT molecular complexity index is 1400. The van der Waals surface area contributed by atoms with E-state index in [4.69, 9.17) is 9.94 Å². The van der Waals surface area contributed by atoms with Gasteiger partial charge >= 0.3 is 6.18 Å². The number of hydrogen-bond acceptors (Lipinski definition) is 8. The molecule has 13 heteroatoms. The number of morpholine rings is 1. The van der Waals surface area contributed by atoms with E-state index in [0.717, 1.165) is 6.07 Å². The van der Waals surface area contributed by atoms with Crippen molar-refractivity contribution in [2.45, 2.75) is 6.18 Å². The van der Waals surface area contributed by atoms with Crippen molar-refractivity contribution in [2.24, 2.45) is 0 Å². The summed E-state index contributed by atoms with van der Waals surface area (Å²) in [7, 11) is 0. The number of aromatic amines is 1. The lowest BCUT2D eigenvalue weighted by Crippen LogP contribution is -2.37. The number of carbonyl (C=O) groups is 1. The van der Waals surface area contributed by atoms with Crippen LogP contribution < -0.4 is 15.7 Å². The molecule has 0 spiro atoms. The number of anilines is 3. The SMILES string of the molecule is O=C(NO)c1cccc(Nc2nc3cc(C(F)(F)F)c(-c4cnc(N5CCOCC5)nc4)cc3[nH]2)c1. The molecule has 0 saturated carbocycles. The minimum Gasteiger partial charge on any atom is -0.378 e. The van der Waals surface area contributed by atoms with E-state index in [9.17, 15) is 18.0 Å². The zero-order valence-corrected chi connectivity index (χ0v) is 18.6. The molecule has 1 aliphatic rings. The molecule has 1 aliphatic heterocycles. The van der Waals surface area contributed by atoms with Crippen LogP contribution in [-0.4, -0.2) is 57.4 Å². The number of imidazole rings is 1. The zero-order valence-electron chi connectivity index (χ0n) is 18.6. The standard InChI is InChI=1S/C23H20F3N7O3/c24-23(25,26)17-10-19-18(30-21(31-19)29-15-3-1-2-13(8-15)20(34)32-35)9-16(17)14-11-27-22(28-12-14)33-4-6-36-7-5-33/h1-3,8-12,35H,4-7H2,(H,32,34)(H2,29,30,31). The molecular formula is C23H20F3N7O3. The molecular weight excluding hydrogens is 479 g/mol. The van der Waals surface area contributed by atoms with Crippen LogP contribution in [0.3, 0.4) is 0 Å². The number of rotatable bonds is 5. The maximum absolute atomic E-state index is 14.0. The van der Waals surface area contributed by atoms with Gasteiger partial charge < -0.3 is 19.9 Å². The van der Waals surface area contributed by atoms with Crippen molar-refractivity contribution < 1.29 is 27.9 Å². The Morgan fingerprint density at radius 2 is 1.86 bits per heavy atom. The number of halogens is 3. The van der Waals surface area contributed by atoms with Gasteiger partial charge in [-0.25, -0.2) is 20.4 Å². The highest BCUT2D eigenvalue weighted by atomic mass is 19.4. The van der Waals surface area contributed by atoms with Gasteiger partial charge in [-0.1, -0.05) is 6.07 Å². The first-order chi connectivity index (χ1) is 17.3. The van der Waals surface area contributed by atoms with Gasteiger partial charge in [-0.15, -0.1) is 0 Å². The number of benzene rings is 2. The fourth-order valence-corrected chi connectivity index (χ4v) is 3.92. The van der Waals surface area contributed by atoms with E-state index in [0.29, 0.717) is 43.5 Å². The molecule has 3 heterocycles. The van der Waals surface area contributed by atoms with E-state index >= 15 is 0 Å². The van der Waals surface area contributed by atoms with Crippen LogP contribution in [0.1, 0.15) is 15.9 Å². The minimum absolute atomic E-state index is 0.0830. The van der Waals surface area contributed by atoms with Gasteiger partial charge in [-0.2, -0.15) is 13.2 Å². The first-order valence-electron chi connectivity index (χ1n) is 10.9. The number of hydroxylamine groups is 1. The van der Waals surface area contributed by atoms with Gasteiger partial charge in [0, 0.05) is 42.3 Å². The number of fused-ring (bicyclic) bond motifs is 1. The highest BCUT2D eigenvalue weighted by Crippen LogP contribution is 2.39. The smallest absolute Gasteiger partial charge is 0.378 e.